The van der Waals surface area contributed by atoms with Crippen molar-refractivity contribution in [2.45, 2.75) is 31.8 Å². The Bertz CT molecular complexity index is 291. The standard InChI is InChI=1S/C14H25N3O/c1-3-8-16-14(15-2)17-9-6-13(7-10-17)18-11-12-4-5-12/h3,12-13H,1,4-11H2,2H3,(H,15,16). The predicted molar refractivity (Wildman–Crippen MR) is 74.8 cm³/mol. The molecule has 2 fully saturated rings. The van der Waals surface area contributed by atoms with Crippen molar-refractivity contribution in [2.75, 3.05) is 33.3 Å². The van der Waals surface area contributed by atoms with Crippen LogP contribution >= 0.6 is 0 Å². The van der Waals surface area contributed by atoms with Crippen LogP contribution in [0.3, 0.4) is 0 Å². The smallest absolute Gasteiger partial charge is 0.193 e. The van der Waals surface area contributed by atoms with Gasteiger partial charge in [0.2, 0.25) is 0 Å². The highest BCUT2D eigenvalue weighted by molar-refractivity contribution is 5.80. The summed E-state index contributed by atoms with van der Waals surface area (Å²) in [6.45, 7) is 7.53. The molecule has 0 aromatic rings. The van der Waals surface area contributed by atoms with Crippen molar-refractivity contribution in [1.29, 1.82) is 0 Å². The molecule has 0 atom stereocenters. The highest BCUT2D eigenvalue weighted by Crippen LogP contribution is 2.30. The first-order valence-corrected chi connectivity index (χ1v) is 7.01. The summed E-state index contributed by atoms with van der Waals surface area (Å²) < 4.78 is 5.95. The van der Waals surface area contributed by atoms with E-state index in [1.807, 2.05) is 13.1 Å². The number of nitrogens with zero attached hydrogens (tertiary/aromatic N) is 2. The molecule has 2 rings (SSSR count). The Balaban J connectivity index is 1.68. The predicted octanol–water partition coefficient (Wildman–Crippen LogP) is 1.64. The third-order valence-electron chi connectivity index (χ3n) is 3.62. The molecule has 0 aromatic carbocycles. The molecule has 1 N–H and O–H groups in total. The minimum Gasteiger partial charge on any atom is -0.378 e. The van der Waals surface area contributed by atoms with E-state index >= 15 is 0 Å². The molecule has 2 aliphatic rings. The minimum atomic E-state index is 0.458. The summed E-state index contributed by atoms with van der Waals surface area (Å²) in [7, 11) is 1.83. The fourth-order valence-electron chi connectivity index (χ4n) is 2.29. The minimum absolute atomic E-state index is 0.458. The van der Waals surface area contributed by atoms with Crippen LogP contribution in [0.15, 0.2) is 17.6 Å². The van der Waals surface area contributed by atoms with Gasteiger partial charge in [0, 0.05) is 33.3 Å². The number of hydrogen-bond donors (Lipinski definition) is 1. The SMILES string of the molecule is C=CCNC(=NC)N1CCC(OCC2CC2)CC1. The molecule has 4 heteroatoms. The zero-order chi connectivity index (χ0) is 12.8. The van der Waals surface area contributed by atoms with Crippen molar-refractivity contribution in [2.24, 2.45) is 10.9 Å². The van der Waals surface area contributed by atoms with Crippen LogP contribution in [0, 0.1) is 5.92 Å². The quantitative estimate of drug-likeness (QED) is 0.458. The molecule has 1 aliphatic carbocycles. The first-order chi connectivity index (χ1) is 8.83. The molecule has 0 unspecified atom stereocenters. The normalized spacial score (nSPS) is 22.1. The monoisotopic (exact) mass is 251 g/mol. The lowest BCUT2D eigenvalue weighted by molar-refractivity contribution is 0.0131. The van der Waals surface area contributed by atoms with Crippen LogP contribution in [0.5, 0.6) is 0 Å². The van der Waals surface area contributed by atoms with Gasteiger partial charge in [-0.1, -0.05) is 6.08 Å². The van der Waals surface area contributed by atoms with Gasteiger partial charge < -0.3 is 15.0 Å². The van der Waals surface area contributed by atoms with E-state index in [0.29, 0.717) is 6.10 Å². The third-order valence-corrected chi connectivity index (χ3v) is 3.62. The van der Waals surface area contributed by atoms with Gasteiger partial charge in [0.1, 0.15) is 0 Å². The van der Waals surface area contributed by atoms with Crippen molar-refractivity contribution < 1.29 is 4.74 Å². The van der Waals surface area contributed by atoms with Gasteiger partial charge in [0.25, 0.3) is 0 Å². The average molecular weight is 251 g/mol. The maximum Gasteiger partial charge on any atom is 0.193 e. The van der Waals surface area contributed by atoms with Gasteiger partial charge in [-0.15, -0.1) is 6.58 Å². The van der Waals surface area contributed by atoms with Gasteiger partial charge in [-0.05, 0) is 31.6 Å². The van der Waals surface area contributed by atoms with Crippen LogP contribution in [-0.4, -0.2) is 50.3 Å². The van der Waals surface area contributed by atoms with E-state index in [2.05, 4.69) is 21.8 Å². The van der Waals surface area contributed by atoms with Crippen molar-refractivity contribution >= 4 is 5.96 Å². The highest BCUT2D eigenvalue weighted by Gasteiger charge is 2.26. The summed E-state index contributed by atoms with van der Waals surface area (Å²) in [4.78, 5) is 6.61. The number of rotatable bonds is 5. The van der Waals surface area contributed by atoms with Crippen molar-refractivity contribution in [1.82, 2.24) is 10.2 Å². The Labute approximate surface area is 110 Å². The van der Waals surface area contributed by atoms with Gasteiger partial charge >= 0.3 is 0 Å². The van der Waals surface area contributed by atoms with Crippen molar-refractivity contribution in [3.63, 3.8) is 0 Å². The zero-order valence-corrected chi connectivity index (χ0v) is 11.4. The highest BCUT2D eigenvalue weighted by atomic mass is 16.5. The molecule has 0 amide bonds. The maximum absolute atomic E-state index is 5.95. The molecule has 0 radical (unpaired) electrons. The van der Waals surface area contributed by atoms with Crippen LogP contribution in [0.1, 0.15) is 25.7 Å². The van der Waals surface area contributed by atoms with Gasteiger partial charge in [-0.2, -0.15) is 0 Å². The second-order valence-corrected chi connectivity index (χ2v) is 5.18. The van der Waals surface area contributed by atoms with Gasteiger partial charge in [-0.25, -0.2) is 0 Å². The summed E-state index contributed by atoms with van der Waals surface area (Å²) in [5.74, 6) is 1.85. The molecule has 0 aromatic heterocycles. The lowest BCUT2D eigenvalue weighted by atomic mass is 10.1. The lowest BCUT2D eigenvalue weighted by Crippen LogP contribution is -2.47. The van der Waals surface area contributed by atoms with Crippen molar-refractivity contribution in [3.05, 3.63) is 12.7 Å². The van der Waals surface area contributed by atoms with Gasteiger partial charge in [-0.3, -0.25) is 4.99 Å². The molecule has 18 heavy (non-hydrogen) atoms. The number of likely N-dealkylation sites (tertiary alicyclic amines) is 1. The van der Waals surface area contributed by atoms with E-state index in [9.17, 15) is 0 Å². The van der Waals surface area contributed by atoms with Crippen molar-refractivity contribution in [3.8, 4) is 0 Å². The Morgan fingerprint density at radius 1 is 1.39 bits per heavy atom. The van der Waals surface area contributed by atoms with Crippen LogP contribution in [0.2, 0.25) is 0 Å². The molecule has 0 bridgehead atoms. The molecule has 1 saturated heterocycles. The largest absolute Gasteiger partial charge is 0.378 e. The number of hydrogen-bond acceptors (Lipinski definition) is 2. The van der Waals surface area contributed by atoms with Crippen LogP contribution in [0.4, 0.5) is 0 Å². The summed E-state index contributed by atoms with van der Waals surface area (Å²) >= 11 is 0. The Hall–Kier alpha value is -1.03. The second-order valence-electron chi connectivity index (χ2n) is 5.18. The molecular formula is C14H25N3O. The molecular weight excluding hydrogens is 226 g/mol. The molecule has 1 heterocycles. The zero-order valence-electron chi connectivity index (χ0n) is 11.4. The van der Waals surface area contributed by atoms with E-state index in [4.69, 9.17) is 4.74 Å². The molecule has 102 valence electrons. The summed E-state index contributed by atoms with van der Waals surface area (Å²) in [5, 5.41) is 3.28. The van der Waals surface area contributed by atoms with Crippen LogP contribution in [-0.2, 0) is 4.74 Å². The van der Waals surface area contributed by atoms with E-state index in [1.165, 1.54) is 12.8 Å². The number of ether oxygens (including phenoxy) is 1. The topological polar surface area (TPSA) is 36.9 Å². The first-order valence-electron chi connectivity index (χ1n) is 7.01. The Morgan fingerprint density at radius 2 is 2.11 bits per heavy atom. The number of piperidine rings is 1. The fourth-order valence-corrected chi connectivity index (χ4v) is 2.29. The number of nitrogens with one attached hydrogen (secondary N) is 1. The molecule has 4 nitrogen and oxygen atoms in total. The summed E-state index contributed by atoms with van der Waals surface area (Å²) in [6.07, 6.45) is 7.28. The number of guanidine groups is 1. The van der Waals surface area contributed by atoms with E-state index < -0.39 is 0 Å². The van der Waals surface area contributed by atoms with E-state index in [-0.39, 0.29) is 0 Å². The maximum atomic E-state index is 5.95. The Morgan fingerprint density at radius 3 is 2.67 bits per heavy atom. The fraction of sp³-hybridized carbons (Fsp3) is 0.786. The van der Waals surface area contributed by atoms with E-state index in [1.54, 1.807) is 0 Å². The molecule has 1 aliphatic heterocycles. The molecule has 1 saturated carbocycles. The first kappa shape index (κ1) is 13.4. The van der Waals surface area contributed by atoms with Crippen LogP contribution < -0.4 is 5.32 Å². The van der Waals surface area contributed by atoms with Gasteiger partial charge in [0.05, 0.1) is 6.10 Å². The van der Waals surface area contributed by atoms with Gasteiger partial charge in [0.15, 0.2) is 5.96 Å². The third kappa shape index (κ3) is 4.02. The van der Waals surface area contributed by atoms with E-state index in [0.717, 1.165) is 51.0 Å². The lowest BCUT2D eigenvalue weighted by Gasteiger charge is -2.34. The second kappa shape index (κ2) is 6.78. The number of aliphatic imine (C=N–C) groups is 1. The summed E-state index contributed by atoms with van der Waals surface area (Å²) in [6, 6.07) is 0. The van der Waals surface area contributed by atoms with Crippen LogP contribution in [0.25, 0.3) is 0 Å². The average Bonchev–Trinajstić information content (AvgIpc) is 3.23. The summed E-state index contributed by atoms with van der Waals surface area (Å²) in [5.41, 5.74) is 0. The molecule has 0 spiro atoms. The Kier molecular flexibility index (Phi) is 5.05.